The highest BCUT2D eigenvalue weighted by atomic mass is 16.5. The van der Waals surface area contributed by atoms with Gasteiger partial charge in [-0.3, -0.25) is 0 Å². The van der Waals surface area contributed by atoms with Crippen LogP contribution in [0, 0.1) is 0 Å². The van der Waals surface area contributed by atoms with E-state index in [1.807, 2.05) is 26.0 Å². The molecule has 7 heteroatoms. The van der Waals surface area contributed by atoms with Crippen LogP contribution < -0.4 is 15.4 Å². The van der Waals surface area contributed by atoms with Crippen molar-refractivity contribution in [2.45, 2.75) is 39.8 Å². The number of hydrogen-bond donors (Lipinski definition) is 2. The molecule has 0 aliphatic rings. The molecule has 0 unspecified atom stereocenters. The van der Waals surface area contributed by atoms with Gasteiger partial charge in [-0.1, -0.05) is 6.92 Å². The van der Waals surface area contributed by atoms with E-state index >= 15 is 0 Å². The second-order valence-corrected chi connectivity index (χ2v) is 4.79. The number of hydrogen-bond acceptors (Lipinski definition) is 7. The van der Waals surface area contributed by atoms with Crippen molar-refractivity contribution in [2.24, 2.45) is 0 Å². The number of nitrogens with zero attached hydrogens (tertiary/aromatic N) is 3. The Hall–Kier alpha value is -2.31. The third-order valence-corrected chi connectivity index (χ3v) is 2.49. The molecule has 0 amide bonds. The van der Waals surface area contributed by atoms with Crippen molar-refractivity contribution in [3.05, 3.63) is 24.2 Å². The number of aromatic nitrogens is 3. The maximum absolute atomic E-state index is 5.55. The van der Waals surface area contributed by atoms with E-state index in [-0.39, 0.29) is 6.10 Å². The van der Waals surface area contributed by atoms with Crippen LogP contribution in [0.4, 0.5) is 11.9 Å². The quantitative estimate of drug-likeness (QED) is 0.773. The third-order valence-electron chi connectivity index (χ3n) is 2.49. The Bertz CT molecular complexity index is 542. The van der Waals surface area contributed by atoms with Crippen molar-refractivity contribution in [2.75, 3.05) is 17.2 Å². The minimum absolute atomic E-state index is 0.00403. The predicted molar refractivity (Wildman–Crippen MR) is 80.4 cm³/mol. The van der Waals surface area contributed by atoms with Crippen molar-refractivity contribution >= 4 is 11.9 Å². The Morgan fingerprint density at radius 2 is 1.95 bits per heavy atom. The first-order valence-electron chi connectivity index (χ1n) is 7.10. The average molecular weight is 291 g/mol. The average Bonchev–Trinajstić information content (AvgIpc) is 2.95. The molecule has 7 nitrogen and oxygen atoms in total. The molecule has 0 fully saturated rings. The second-order valence-electron chi connectivity index (χ2n) is 4.79. The summed E-state index contributed by atoms with van der Waals surface area (Å²) in [4.78, 5) is 12.8. The van der Waals surface area contributed by atoms with Gasteiger partial charge < -0.3 is 19.8 Å². The van der Waals surface area contributed by atoms with Gasteiger partial charge in [0.2, 0.25) is 11.9 Å². The first-order valence-corrected chi connectivity index (χ1v) is 7.10. The van der Waals surface area contributed by atoms with E-state index in [4.69, 9.17) is 9.15 Å². The molecule has 0 saturated carbocycles. The minimum Gasteiger partial charge on any atom is -0.467 e. The zero-order valence-electron chi connectivity index (χ0n) is 12.6. The van der Waals surface area contributed by atoms with Crippen molar-refractivity contribution in [3.8, 4) is 6.01 Å². The van der Waals surface area contributed by atoms with Gasteiger partial charge in [-0.05, 0) is 32.4 Å². The van der Waals surface area contributed by atoms with E-state index in [0.29, 0.717) is 24.5 Å². The van der Waals surface area contributed by atoms with Gasteiger partial charge in [-0.25, -0.2) is 0 Å². The third kappa shape index (κ3) is 4.94. The molecule has 2 aromatic heterocycles. The summed E-state index contributed by atoms with van der Waals surface area (Å²) in [6.45, 7) is 7.24. The summed E-state index contributed by atoms with van der Waals surface area (Å²) in [5, 5.41) is 6.24. The van der Waals surface area contributed by atoms with Gasteiger partial charge >= 0.3 is 6.01 Å². The molecule has 2 rings (SSSR count). The highest BCUT2D eigenvalue weighted by Gasteiger charge is 2.09. The molecule has 0 radical (unpaired) electrons. The fourth-order valence-electron chi connectivity index (χ4n) is 1.59. The van der Waals surface area contributed by atoms with Crippen LogP contribution in [0.25, 0.3) is 0 Å². The second kappa shape index (κ2) is 7.47. The number of rotatable bonds is 8. The molecule has 0 spiro atoms. The SMILES string of the molecule is CCCNc1nc(NCc2ccco2)nc(OC(C)C)n1. The first kappa shape index (κ1) is 15.1. The molecular weight excluding hydrogens is 270 g/mol. The molecule has 0 aromatic carbocycles. The Kier molecular flexibility index (Phi) is 5.36. The van der Waals surface area contributed by atoms with Crippen LogP contribution in [0.3, 0.4) is 0 Å². The van der Waals surface area contributed by atoms with Gasteiger partial charge in [-0.2, -0.15) is 15.0 Å². The van der Waals surface area contributed by atoms with Crippen LogP contribution in [0.1, 0.15) is 33.0 Å². The summed E-state index contributed by atoms with van der Waals surface area (Å²) >= 11 is 0. The van der Waals surface area contributed by atoms with Gasteiger partial charge in [0.1, 0.15) is 5.76 Å². The van der Waals surface area contributed by atoms with Crippen LogP contribution in [0.2, 0.25) is 0 Å². The van der Waals surface area contributed by atoms with Gasteiger partial charge in [0, 0.05) is 6.54 Å². The zero-order valence-corrected chi connectivity index (χ0v) is 12.6. The highest BCUT2D eigenvalue weighted by Crippen LogP contribution is 2.13. The molecular formula is C14H21N5O2. The Morgan fingerprint density at radius 1 is 1.19 bits per heavy atom. The van der Waals surface area contributed by atoms with E-state index in [0.717, 1.165) is 18.7 Å². The lowest BCUT2D eigenvalue weighted by Gasteiger charge is -2.11. The monoisotopic (exact) mass is 291 g/mol. The van der Waals surface area contributed by atoms with Gasteiger partial charge in [0.15, 0.2) is 0 Å². The molecule has 114 valence electrons. The predicted octanol–water partition coefficient (Wildman–Crippen LogP) is 2.69. The molecule has 0 saturated heterocycles. The molecule has 0 atom stereocenters. The Balaban J connectivity index is 2.09. The van der Waals surface area contributed by atoms with Gasteiger partial charge in [0.05, 0.1) is 18.9 Å². The van der Waals surface area contributed by atoms with Crippen molar-refractivity contribution < 1.29 is 9.15 Å². The summed E-state index contributed by atoms with van der Waals surface area (Å²) in [7, 11) is 0. The van der Waals surface area contributed by atoms with Gasteiger partial charge in [-0.15, -0.1) is 0 Å². The summed E-state index contributed by atoms with van der Waals surface area (Å²) in [6.07, 6.45) is 2.62. The fraction of sp³-hybridized carbons (Fsp3) is 0.500. The fourth-order valence-corrected chi connectivity index (χ4v) is 1.59. The van der Waals surface area contributed by atoms with Crippen LogP contribution in [-0.2, 0) is 6.54 Å². The van der Waals surface area contributed by atoms with E-state index in [1.54, 1.807) is 6.26 Å². The molecule has 0 aliphatic carbocycles. The highest BCUT2D eigenvalue weighted by molar-refractivity contribution is 5.36. The summed E-state index contributed by atoms with van der Waals surface area (Å²) in [6, 6.07) is 4.03. The van der Waals surface area contributed by atoms with E-state index < -0.39 is 0 Å². The lowest BCUT2D eigenvalue weighted by Crippen LogP contribution is -2.14. The lowest BCUT2D eigenvalue weighted by molar-refractivity contribution is 0.222. The summed E-state index contributed by atoms with van der Waals surface area (Å²) in [5.41, 5.74) is 0. The maximum atomic E-state index is 5.55. The van der Waals surface area contributed by atoms with Crippen LogP contribution in [0.15, 0.2) is 22.8 Å². The molecule has 2 heterocycles. The van der Waals surface area contributed by atoms with Crippen molar-refractivity contribution in [1.82, 2.24) is 15.0 Å². The topological polar surface area (TPSA) is 85.1 Å². The molecule has 0 bridgehead atoms. The molecule has 2 N–H and O–H groups in total. The summed E-state index contributed by atoms with van der Waals surface area (Å²) < 4.78 is 10.8. The Morgan fingerprint density at radius 3 is 2.57 bits per heavy atom. The van der Waals surface area contributed by atoms with E-state index in [9.17, 15) is 0 Å². The van der Waals surface area contributed by atoms with E-state index in [2.05, 4.69) is 32.5 Å². The van der Waals surface area contributed by atoms with Crippen LogP contribution in [0.5, 0.6) is 6.01 Å². The van der Waals surface area contributed by atoms with Crippen LogP contribution in [-0.4, -0.2) is 27.6 Å². The molecule has 21 heavy (non-hydrogen) atoms. The number of anilines is 2. The standard InChI is InChI=1S/C14H21N5O2/c1-4-7-15-12-17-13(16-9-11-6-5-8-20-11)19-14(18-12)21-10(2)3/h5-6,8,10H,4,7,9H2,1-3H3,(H2,15,16,17,18,19). The van der Waals surface area contributed by atoms with E-state index in [1.165, 1.54) is 0 Å². The first-order chi connectivity index (χ1) is 10.2. The number of nitrogens with one attached hydrogen (secondary N) is 2. The lowest BCUT2D eigenvalue weighted by atomic mass is 10.4. The molecule has 0 aliphatic heterocycles. The largest absolute Gasteiger partial charge is 0.467 e. The zero-order chi connectivity index (χ0) is 15.1. The maximum Gasteiger partial charge on any atom is 0.323 e. The summed E-state index contributed by atoms with van der Waals surface area (Å²) in [5.74, 6) is 1.77. The Labute approximate surface area is 124 Å². The number of ether oxygens (including phenoxy) is 1. The van der Waals surface area contributed by atoms with Crippen molar-refractivity contribution in [1.29, 1.82) is 0 Å². The van der Waals surface area contributed by atoms with Gasteiger partial charge in [0.25, 0.3) is 0 Å². The minimum atomic E-state index is 0.00403. The smallest absolute Gasteiger partial charge is 0.323 e. The van der Waals surface area contributed by atoms with Crippen molar-refractivity contribution in [3.63, 3.8) is 0 Å². The molecule has 2 aromatic rings. The number of furan rings is 1. The normalized spacial score (nSPS) is 10.7. The van der Waals surface area contributed by atoms with Crippen LogP contribution >= 0.6 is 0 Å².